The molecule has 19 heavy (non-hydrogen) atoms. The summed E-state index contributed by atoms with van der Waals surface area (Å²) in [5, 5.41) is 20.5. The van der Waals surface area contributed by atoms with Crippen LogP contribution >= 0.6 is 0 Å². The number of imidazole rings is 1. The molecule has 100 valence electrons. The van der Waals surface area contributed by atoms with Crippen molar-refractivity contribution in [3.05, 3.63) is 55.1 Å². The lowest BCUT2D eigenvalue weighted by Crippen LogP contribution is -2.03. The highest BCUT2D eigenvalue weighted by Crippen LogP contribution is 2.26. The molecule has 0 aliphatic heterocycles. The van der Waals surface area contributed by atoms with Crippen LogP contribution in [0.25, 0.3) is 0 Å². The largest absolute Gasteiger partial charge is 0.493 e. The Kier molecular flexibility index (Phi) is 3.12. The first kappa shape index (κ1) is 12.9. The lowest BCUT2D eigenvalue weighted by atomic mass is 10.0. The number of benzene rings is 1. The normalized spacial score (nSPS) is 10.6. The maximum absolute atomic E-state index is 11.0. The van der Waals surface area contributed by atoms with Gasteiger partial charge in [0.25, 0.3) is 5.69 Å². The van der Waals surface area contributed by atoms with E-state index in [1.54, 1.807) is 13.0 Å². The zero-order valence-corrected chi connectivity index (χ0v) is 10.5. The fraction of sp³-hybridized carbons (Fsp3) is 0.250. The summed E-state index contributed by atoms with van der Waals surface area (Å²) in [5.41, 5.74) is 1.85. The van der Waals surface area contributed by atoms with Crippen molar-refractivity contribution < 1.29 is 10.0 Å². The third-order valence-electron chi connectivity index (χ3n) is 3.04. The van der Waals surface area contributed by atoms with Gasteiger partial charge in [-0.05, 0) is 31.0 Å². The molecule has 0 fully saturated rings. The standard InChI is InChI=1S/C12H13N3O4/c1-6-3-8(10(15(18)19)4-7(6)2)5-9-11(16)14-12(17)13-9/h3-4,16H,5H2,1-2H3,(H2,13,14,17). The number of aryl methyl sites for hydroxylation is 2. The fourth-order valence-electron chi connectivity index (χ4n) is 1.90. The van der Waals surface area contributed by atoms with E-state index < -0.39 is 10.6 Å². The van der Waals surface area contributed by atoms with Crippen molar-refractivity contribution in [3.63, 3.8) is 0 Å². The van der Waals surface area contributed by atoms with Gasteiger partial charge in [-0.1, -0.05) is 0 Å². The maximum Gasteiger partial charge on any atom is 0.325 e. The number of H-pyrrole nitrogens is 2. The lowest BCUT2D eigenvalue weighted by molar-refractivity contribution is -0.385. The van der Waals surface area contributed by atoms with Crippen molar-refractivity contribution in [2.24, 2.45) is 0 Å². The SMILES string of the molecule is Cc1cc(Cc2[nH]c(=O)[nH]c2O)c([N+](=O)[O-])cc1C. The minimum Gasteiger partial charge on any atom is -0.493 e. The molecule has 0 atom stereocenters. The number of nitrogens with one attached hydrogen (secondary N) is 2. The second-order valence-corrected chi connectivity index (χ2v) is 4.41. The molecule has 0 aliphatic carbocycles. The van der Waals surface area contributed by atoms with E-state index in [0.29, 0.717) is 5.56 Å². The van der Waals surface area contributed by atoms with Gasteiger partial charge >= 0.3 is 5.69 Å². The molecule has 0 radical (unpaired) electrons. The van der Waals surface area contributed by atoms with Crippen LogP contribution in [0.1, 0.15) is 22.4 Å². The zero-order chi connectivity index (χ0) is 14.2. The lowest BCUT2D eigenvalue weighted by Gasteiger charge is -2.06. The third-order valence-corrected chi connectivity index (χ3v) is 3.04. The first-order chi connectivity index (χ1) is 8.88. The first-order valence-electron chi connectivity index (χ1n) is 5.63. The third kappa shape index (κ3) is 2.49. The summed E-state index contributed by atoms with van der Waals surface area (Å²) in [4.78, 5) is 26.2. The summed E-state index contributed by atoms with van der Waals surface area (Å²) < 4.78 is 0. The average molecular weight is 263 g/mol. The van der Waals surface area contributed by atoms with Crippen LogP contribution < -0.4 is 5.69 Å². The molecule has 3 N–H and O–H groups in total. The van der Waals surface area contributed by atoms with Gasteiger partial charge in [0.05, 0.1) is 10.6 Å². The summed E-state index contributed by atoms with van der Waals surface area (Å²) in [5.74, 6) is -0.294. The number of hydrogen-bond donors (Lipinski definition) is 3. The molecule has 0 bridgehead atoms. The van der Waals surface area contributed by atoms with Crippen LogP contribution in [0.2, 0.25) is 0 Å². The van der Waals surface area contributed by atoms with Crippen LogP contribution in [0, 0.1) is 24.0 Å². The fourth-order valence-corrected chi connectivity index (χ4v) is 1.90. The molecule has 0 aliphatic rings. The van der Waals surface area contributed by atoms with E-state index in [-0.39, 0.29) is 23.7 Å². The van der Waals surface area contributed by atoms with Crippen LogP contribution in [0.3, 0.4) is 0 Å². The van der Waals surface area contributed by atoms with E-state index in [1.165, 1.54) is 6.07 Å². The Bertz CT molecular complexity index is 699. The van der Waals surface area contributed by atoms with Crippen molar-refractivity contribution in [2.45, 2.75) is 20.3 Å². The highest BCUT2D eigenvalue weighted by atomic mass is 16.6. The summed E-state index contributed by atoms with van der Waals surface area (Å²) in [7, 11) is 0. The second kappa shape index (κ2) is 4.60. The molecule has 1 heterocycles. The van der Waals surface area contributed by atoms with Gasteiger partial charge in [-0.2, -0.15) is 0 Å². The number of nitro benzene ring substituents is 1. The number of aromatic amines is 2. The Morgan fingerprint density at radius 2 is 1.89 bits per heavy atom. The van der Waals surface area contributed by atoms with Crippen molar-refractivity contribution >= 4 is 5.69 Å². The molecule has 0 saturated heterocycles. The molecular weight excluding hydrogens is 250 g/mol. The van der Waals surface area contributed by atoms with E-state index in [4.69, 9.17) is 0 Å². The Hall–Kier alpha value is -2.57. The molecule has 1 aromatic heterocycles. The van der Waals surface area contributed by atoms with Crippen molar-refractivity contribution in [2.75, 3.05) is 0 Å². The predicted molar refractivity (Wildman–Crippen MR) is 68.5 cm³/mol. The van der Waals surface area contributed by atoms with Crippen LogP contribution in [0.4, 0.5) is 5.69 Å². The molecule has 0 amide bonds. The molecule has 1 aromatic carbocycles. The molecule has 7 nitrogen and oxygen atoms in total. The Morgan fingerprint density at radius 1 is 1.26 bits per heavy atom. The van der Waals surface area contributed by atoms with E-state index >= 15 is 0 Å². The Balaban J connectivity index is 2.50. The summed E-state index contributed by atoms with van der Waals surface area (Å²) in [6, 6.07) is 3.19. The number of hydrogen-bond acceptors (Lipinski definition) is 4. The smallest absolute Gasteiger partial charge is 0.325 e. The van der Waals surface area contributed by atoms with Crippen LogP contribution in [0.15, 0.2) is 16.9 Å². The number of nitro groups is 1. The van der Waals surface area contributed by atoms with Gasteiger partial charge in [0.1, 0.15) is 0 Å². The van der Waals surface area contributed by atoms with Crippen LogP contribution in [0.5, 0.6) is 5.88 Å². The molecule has 0 spiro atoms. The van der Waals surface area contributed by atoms with Gasteiger partial charge in [-0.15, -0.1) is 0 Å². The molecule has 2 rings (SSSR count). The van der Waals surface area contributed by atoms with Gasteiger partial charge in [-0.3, -0.25) is 15.1 Å². The van der Waals surface area contributed by atoms with Crippen molar-refractivity contribution in [1.29, 1.82) is 0 Å². The molecule has 2 aromatic rings. The predicted octanol–water partition coefficient (Wildman–Crippen LogP) is 1.52. The van der Waals surface area contributed by atoms with Gasteiger partial charge in [0.15, 0.2) is 0 Å². The molecule has 0 saturated carbocycles. The number of nitrogens with zero attached hydrogens (tertiary/aromatic N) is 1. The van der Waals surface area contributed by atoms with Crippen LogP contribution in [-0.2, 0) is 6.42 Å². The van der Waals surface area contributed by atoms with E-state index in [2.05, 4.69) is 9.97 Å². The molecular formula is C12H13N3O4. The van der Waals surface area contributed by atoms with Gasteiger partial charge < -0.3 is 10.1 Å². The van der Waals surface area contributed by atoms with Gasteiger partial charge in [0.2, 0.25) is 5.88 Å². The van der Waals surface area contributed by atoms with Crippen LogP contribution in [-0.4, -0.2) is 20.0 Å². The molecule has 0 unspecified atom stereocenters. The number of aromatic nitrogens is 2. The van der Waals surface area contributed by atoms with E-state index in [9.17, 15) is 20.0 Å². The zero-order valence-electron chi connectivity index (χ0n) is 10.5. The van der Waals surface area contributed by atoms with E-state index in [1.807, 2.05) is 6.92 Å². The second-order valence-electron chi connectivity index (χ2n) is 4.41. The number of aromatic hydroxyl groups is 1. The Morgan fingerprint density at radius 3 is 2.42 bits per heavy atom. The van der Waals surface area contributed by atoms with Gasteiger partial charge in [0, 0.05) is 18.1 Å². The summed E-state index contributed by atoms with van der Waals surface area (Å²) in [6.45, 7) is 3.64. The Labute approximate surface area is 108 Å². The highest BCUT2D eigenvalue weighted by molar-refractivity contribution is 5.48. The monoisotopic (exact) mass is 263 g/mol. The van der Waals surface area contributed by atoms with Crippen molar-refractivity contribution in [3.8, 4) is 5.88 Å². The first-order valence-corrected chi connectivity index (χ1v) is 5.63. The topological polar surface area (TPSA) is 112 Å². The maximum atomic E-state index is 11.0. The summed E-state index contributed by atoms with van der Waals surface area (Å²) >= 11 is 0. The number of rotatable bonds is 3. The van der Waals surface area contributed by atoms with Gasteiger partial charge in [-0.25, -0.2) is 4.79 Å². The summed E-state index contributed by atoms with van der Waals surface area (Å²) in [6.07, 6.45) is 0.0853. The van der Waals surface area contributed by atoms with E-state index in [0.717, 1.165) is 11.1 Å². The minimum absolute atomic E-state index is 0.0236. The minimum atomic E-state index is -0.543. The van der Waals surface area contributed by atoms with Crippen molar-refractivity contribution in [1.82, 2.24) is 9.97 Å². The average Bonchev–Trinajstić information content (AvgIpc) is 2.62. The molecule has 7 heteroatoms. The quantitative estimate of drug-likeness (QED) is 0.575. The highest BCUT2D eigenvalue weighted by Gasteiger charge is 2.18.